The van der Waals surface area contributed by atoms with Crippen molar-refractivity contribution >= 4 is 17.7 Å². The first-order chi connectivity index (χ1) is 20.1. The number of benzene rings is 1. The molecule has 234 valence electrons. The summed E-state index contributed by atoms with van der Waals surface area (Å²) in [6.45, 7) is 9.19. The molecule has 11 heteroatoms. The Morgan fingerprint density at radius 3 is 1.41 bits per heavy atom. The van der Waals surface area contributed by atoms with E-state index < -0.39 is 11.8 Å². The topological polar surface area (TPSA) is 125 Å². The van der Waals surface area contributed by atoms with E-state index in [-0.39, 0.29) is 31.7 Å². The van der Waals surface area contributed by atoms with Gasteiger partial charge in [-0.25, -0.2) is 4.79 Å². The smallest absolute Gasteiger partial charge is 0.379 e. The van der Waals surface area contributed by atoms with Crippen LogP contribution in [0.25, 0.3) is 0 Å². The number of carbonyl (C=O) groups excluding carboxylic acids is 3. The second-order valence-corrected chi connectivity index (χ2v) is 8.92. The first-order valence-corrected chi connectivity index (χ1v) is 14.5. The molecule has 11 nitrogen and oxygen atoms in total. The lowest BCUT2D eigenvalue weighted by atomic mass is 10.00. The first-order valence-electron chi connectivity index (χ1n) is 14.5. The highest BCUT2D eigenvalue weighted by atomic mass is 16.6. The van der Waals surface area contributed by atoms with Crippen LogP contribution in [0.1, 0.15) is 49.9 Å². The third-order valence-corrected chi connectivity index (χ3v) is 5.75. The molecular weight excluding hydrogens is 536 g/mol. The number of ether oxygens (including phenoxy) is 8. The maximum Gasteiger partial charge on any atom is 0.379 e. The van der Waals surface area contributed by atoms with E-state index in [0.717, 1.165) is 25.7 Å². The van der Waals surface area contributed by atoms with Crippen LogP contribution in [0.3, 0.4) is 0 Å². The number of esters is 2. The van der Waals surface area contributed by atoms with Crippen molar-refractivity contribution in [2.24, 2.45) is 5.92 Å². The van der Waals surface area contributed by atoms with Crippen molar-refractivity contribution in [3.8, 4) is 0 Å². The average molecular weight is 585 g/mol. The molecular formula is C30H48O11. The number of Topliss-reactive ketones (excluding diaryl/α,β-unsaturated/α-hetero) is 1. The lowest BCUT2D eigenvalue weighted by molar-refractivity contribution is -0.150. The predicted molar refractivity (Wildman–Crippen MR) is 151 cm³/mol. The normalized spacial score (nSPS) is 11.8. The summed E-state index contributed by atoms with van der Waals surface area (Å²) in [5.74, 6) is -1.72. The summed E-state index contributed by atoms with van der Waals surface area (Å²) in [6.07, 6.45) is 3.80. The second-order valence-electron chi connectivity index (χ2n) is 8.92. The fourth-order valence-electron chi connectivity index (χ4n) is 3.43. The number of rotatable bonds is 28. The molecule has 0 aliphatic carbocycles. The van der Waals surface area contributed by atoms with E-state index in [2.05, 4.69) is 6.92 Å². The van der Waals surface area contributed by atoms with Crippen molar-refractivity contribution < 1.29 is 52.3 Å². The SMILES string of the molecule is CCCCC(CC)C(=O)OCCOCCOCCOCCOCCOCCOCCOC(=O)C(=O)c1ccccc1. The fraction of sp³-hybridized carbons (Fsp3) is 0.700. The molecule has 0 saturated heterocycles. The van der Waals surface area contributed by atoms with Gasteiger partial charge in [-0.05, 0) is 12.8 Å². The number of ketones is 1. The molecule has 0 radical (unpaired) electrons. The van der Waals surface area contributed by atoms with Crippen molar-refractivity contribution in [1.29, 1.82) is 0 Å². The van der Waals surface area contributed by atoms with Crippen molar-refractivity contribution in [3.63, 3.8) is 0 Å². The zero-order valence-electron chi connectivity index (χ0n) is 24.7. The summed E-state index contributed by atoms with van der Waals surface area (Å²) < 4.78 is 42.6. The van der Waals surface area contributed by atoms with Crippen LogP contribution >= 0.6 is 0 Å². The van der Waals surface area contributed by atoms with E-state index in [1.54, 1.807) is 30.3 Å². The van der Waals surface area contributed by atoms with Crippen LogP contribution < -0.4 is 0 Å². The lowest BCUT2D eigenvalue weighted by Gasteiger charge is -2.13. The zero-order valence-corrected chi connectivity index (χ0v) is 24.7. The molecule has 0 aliphatic heterocycles. The van der Waals surface area contributed by atoms with Gasteiger partial charge in [0.2, 0.25) is 0 Å². The van der Waals surface area contributed by atoms with E-state index >= 15 is 0 Å². The van der Waals surface area contributed by atoms with Gasteiger partial charge in [-0.15, -0.1) is 0 Å². The van der Waals surface area contributed by atoms with Crippen LogP contribution in [-0.4, -0.2) is 110 Å². The molecule has 0 heterocycles. The van der Waals surface area contributed by atoms with Crippen LogP contribution in [0.2, 0.25) is 0 Å². The fourth-order valence-corrected chi connectivity index (χ4v) is 3.43. The molecule has 0 spiro atoms. The minimum atomic E-state index is -0.898. The second kappa shape index (κ2) is 26.5. The van der Waals surface area contributed by atoms with E-state index in [4.69, 9.17) is 37.9 Å². The Bertz CT molecular complexity index is 788. The highest BCUT2D eigenvalue weighted by Crippen LogP contribution is 2.14. The van der Waals surface area contributed by atoms with E-state index in [0.29, 0.717) is 78.2 Å². The number of hydrogen-bond acceptors (Lipinski definition) is 11. The van der Waals surface area contributed by atoms with Crippen LogP contribution in [-0.2, 0) is 47.5 Å². The molecule has 0 saturated carbocycles. The molecule has 0 aromatic heterocycles. The molecule has 1 unspecified atom stereocenters. The van der Waals surface area contributed by atoms with Gasteiger partial charge in [-0.3, -0.25) is 9.59 Å². The van der Waals surface area contributed by atoms with Gasteiger partial charge in [0.1, 0.15) is 13.2 Å². The predicted octanol–water partition coefficient (Wildman–Crippen LogP) is 3.27. The molecule has 1 atom stereocenters. The minimum Gasteiger partial charge on any atom is -0.463 e. The van der Waals surface area contributed by atoms with Gasteiger partial charge in [-0.2, -0.15) is 0 Å². The maximum absolute atomic E-state index is 12.0. The van der Waals surface area contributed by atoms with Crippen LogP contribution in [0.5, 0.6) is 0 Å². The van der Waals surface area contributed by atoms with Gasteiger partial charge in [0.25, 0.3) is 5.78 Å². The van der Waals surface area contributed by atoms with Crippen molar-refractivity contribution in [1.82, 2.24) is 0 Å². The molecule has 41 heavy (non-hydrogen) atoms. The quantitative estimate of drug-likeness (QED) is 0.0624. The van der Waals surface area contributed by atoms with Crippen LogP contribution in [0.15, 0.2) is 30.3 Å². The molecule has 0 aliphatic rings. The minimum absolute atomic E-state index is 0.00322. The van der Waals surface area contributed by atoms with E-state index in [9.17, 15) is 14.4 Å². The molecule has 1 aromatic carbocycles. The number of unbranched alkanes of at least 4 members (excludes halogenated alkanes) is 1. The molecule has 0 fully saturated rings. The third-order valence-electron chi connectivity index (χ3n) is 5.75. The summed E-state index contributed by atoms with van der Waals surface area (Å²) in [4.78, 5) is 35.6. The van der Waals surface area contributed by atoms with Gasteiger partial charge in [-0.1, -0.05) is 57.0 Å². The van der Waals surface area contributed by atoms with Gasteiger partial charge in [0.05, 0.1) is 85.2 Å². The van der Waals surface area contributed by atoms with Gasteiger partial charge >= 0.3 is 11.9 Å². The van der Waals surface area contributed by atoms with E-state index in [1.807, 2.05) is 6.92 Å². The zero-order chi connectivity index (χ0) is 29.8. The highest BCUT2D eigenvalue weighted by molar-refractivity contribution is 6.40. The highest BCUT2D eigenvalue weighted by Gasteiger charge is 2.17. The first kappa shape index (κ1) is 36.6. The Labute approximate surface area is 244 Å². The van der Waals surface area contributed by atoms with Gasteiger partial charge in [0.15, 0.2) is 0 Å². The van der Waals surface area contributed by atoms with Crippen molar-refractivity contribution in [2.45, 2.75) is 39.5 Å². The van der Waals surface area contributed by atoms with Crippen molar-refractivity contribution in [3.05, 3.63) is 35.9 Å². The van der Waals surface area contributed by atoms with Crippen LogP contribution in [0.4, 0.5) is 0 Å². The molecule has 1 rings (SSSR count). The number of carbonyl (C=O) groups is 3. The summed E-state index contributed by atoms with van der Waals surface area (Å²) >= 11 is 0. The van der Waals surface area contributed by atoms with Gasteiger partial charge < -0.3 is 37.9 Å². The summed E-state index contributed by atoms with van der Waals surface area (Å²) in [5.41, 5.74) is 0.295. The largest absolute Gasteiger partial charge is 0.463 e. The third kappa shape index (κ3) is 20.2. The Hall–Kier alpha value is -2.41. The summed E-state index contributed by atoms with van der Waals surface area (Å²) in [6, 6.07) is 8.25. The Kier molecular flexibility index (Phi) is 23.7. The van der Waals surface area contributed by atoms with Crippen molar-refractivity contribution in [2.75, 3.05) is 92.5 Å². The molecule has 0 amide bonds. The van der Waals surface area contributed by atoms with E-state index in [1.165, 1.54) is 0 Å². The Morgan fingerprint density at radius 2 is 1.00 bits per heavy atom. The van der Waals surface area contributed by atoms with Gasteiger partial charge in [0, 0.05) is 5.56 Å². The molecule has 1 aromatic rings. The Morgan fingerprint density at radius 1 is 0.585 bits per heavy atom. The average Bonchev–Trinajstić information content (AvgIpc) is 3.00. The summed E-state index contributed by atoms with van der Waals surface area (Å²) in [5, 5.41) is 0. The summed E-state index contributed by atoms with van der Waals surface area (Å²) in [7, 11) is 0. The molecule has 0 bridgehead atoms. The van der Waals surface area contributed by atoms with Crippen LogP contribution in [0, 0.1) is 5.92 Å². The number of hydrogen-bond donors (Lipinski definition) is 0. The Balaban J connectivity index is 1.76. The standard InChI is InChI=1S/C30H48O11/c1-3-5-9-26(4-2)29(32)40-24-22-38-20-18-36-16-14-34-12-13-35-15-17-37-19-21-39-23-25-41-30(33)28(31)27-10-7-6-8-11-27/h6-8,10-11,26H,3-5,9,12-25H2,1-2H3. The lowest BCUT2D eigenvalue weighted by Crippen LogP contribution is -2.20. The maximum atomic E-state index is 12.0. The monoisotopic (exact) mass is 584 g/mol. The molecule has 0 N–H and O–H groups in total.